The van der Waals surface area contributed by atoms with Crippen molar-refractivity contribution in [2.24, 2.45) is 5.73 Å². The second-order valence-corrected chi connectivity index (χ2v) is 6.13. The number of methoxy groups -OCH3 is 1. The van der Waals surface area contributed by atoms with Gasteiger partial charge in [-0.3, -0.25) is 4.79 Å². The molecule has 19 heavy (non-hydrogen) atoms. The van der Waals surface area contributed by atoms with Crippen molar-refractivity contribution in [3.05, 3.63) is 34.9 Å². The van der Waals surface area contributed by atoms with Gasteiger partial charge in [0.25, 0.3) is 0 Å². The lowest BCUT2D eigenvalue weighted by Crippen LogP contribution is -2.53. The standard InChI is InChI=1S/C16H25NO2/c1-11-7-8-13(12(2)9-11)16(5,15(3,4)17)10-14(18)19-6/h7-9H,10,17H2,1-6H3. The van der Waals surface area contributed by atoms with E-state index in [2.05, 4.69) is 32.0 Å². The molecule has 1 unspecified atom stereocenters. The third-order valence-electron chi connectivity index (χ3n) is 4.12. The molecular formula is C16H25NO2. The van der Waals surface area contributed by atoms with Crippen LogP contribution in [0.5, 0.6) is 0 Å². The van der Waals surface area contributed by atoms with Gasteiger partial charge in [-0.05, 0) is 38.8 Å². The van der Waals surface area contributed by atoms with E-state index in [1.54, 1.807) is 0 Å². The van der Waals surface area contributed by atoms with Crippen LogP contribution >= 0.6 is 0 Å². The number of carbonyl (C=O) groups is 1. The van der Waals surface area contributed by atoms with Gasteiger partial charge in [-0.2, -0.15) is 0 Å². The lowest BCUT2D eigenvalue weighted by Gasteiger charge is -2.42. The van der Waals surface area contributed by atoms with E-state index in [9.17, 15) is 4.79 Å². The number of carbonyl (C=O) groups excluding carboxylic acids is 1. The number of hydrogen-bond donors (Lipinski definition) is 1. The number of nitrogens with two attached hydrogens (primary N) is 1. The first-order chi connectivity index (χ1) is 8.61. The van der Waals surface area contributed by atoms with Crippen LogP contribution in [-0.4, -0.2) is 18.6 Å². The van der Waals surface area contributed by atoms with Crippen LogP contribution < -0.4 is 5.73 Å². The Balaban J connectivity index is 3.35. The fraction of sp³-hybridized carbons (Fsp3) is 0.562. The van der Waals surface area contributed by atoms with Gasteiger partial charge in [0.15, 0.2) is 0 Å². The number of rotatable bonds is 4. The Morgan fingerprint density at radius 1 is 1.26 bits per heavy atom. The summed E-state index contributed by atoms with van der Waals surface area (Å²) in [5.41, 5.74) is 8.83. The highest BCUT2D eigenvalue weighted by Crippen LogP contribution is 2.39. The van der Waals surface area contributed by atoms with E-state index in [0.29, 0.717) is 0 Å². The van der Waals surface area contributed by atoms with Crippen molar-refractivity contribution in [3.63, 3.8) is 0 Å². The first kappa shape index (κ1) is 15.7. The highest BCUT2D eigenvalue weighted by molar-refractivity contribution is 5.72. The summed E-state index contributed by atoms with van der Waals surface area (Å²) in [6.45, 7) is 10.1. The molecule has 0 bridgehead atoms. The molecule has 1 aromatic carbocycles. The first-order valence-corrected chi connectivity index (χ1v) is 6.55. The summed E-state index contributed by atoms with van der Waals surface area (Å²) in [6.07, 6.45) is 0.275. The maximum Gasteiger partial charge on any atom is 0.306 e. The van der Waals surface area contributed by atoms with Crippen molar-refractivity contribution in [3.8, 4) is 0 Å². The molecule has 0 aliphatic heterocycles. The van der Waals surface area contributed by atoms with Crippen LogP contribution in [0.15, 0.2) is 18.2 Å². The maximum absolute atomic E-state index is 11.7. The molecule has 0 aromatic heterocycles. The van der Waals surface area contributed by atoms with Crippen LogP contribution in [-0.2, 0) is 14.9 Å². The van der Waals surface area contributed by atoms with E-state index in [1.165, 1.54) is 12.7 Å². The molecule has 0 amide bonds. The zero-order valence-corrected chi connectivity index (χ0v) is 12.8. The average Bonchev–Trinajstić information content (AvgIpc) is 2.26. The minimum absolute atomic E-state index is 0.235. The molecular weight excluding hydrogens is 238 g/mol. The number of benzene rings is 1. The molecule has 3 nitrogen and oxygen atoms in total. The van der Waals surface area contributed by atoms with Gasteiger partial charge in [0, 0.05) is 11.0 Å². The Morgan fingerprint density at radius 3 is 2.26 bits per heavy atom. The third-order valence-corrected chi connectivity index (χ3v) is 4.12. The molecule has 0 saturated carbocycles. The molecule has 0 fully saturated rings. The molecule has 0 aliphatic rings. The van der Waals surface area contributed by atoms with Crippen LogP contribution in [0.2, 0.25) is 0 Å². The van der Waals surface area contributed by atoms with Crippen molar-refractivity contribution in [1.29, 1.82) is 0 Å². The Morgan fingerprint density at radius 2 is 1.84 bits per heavy atom. The average molecular weight is 263 g/mol. The van der Waals surface area contributed by atoms with E-state index < -0.39 is 11.0 Å². The van der Waals surface area contributed by atoms with Crippen molar-refractivity contribution < 1.29 is 9.53 Å². The van der Waals surface area contributed by atoms with Crippen LogP contribution in [0.3, 0.4) is 0 Å². The molecule has 1 aromatic rings. The number of ether oxygens (including phenoxy) is 1. The van der Waals surface area contributed by atoms with Crippen LogP contribution in [0.25, 0.3) is 0 Å². The summed E-state index contributed by atoms with van der Waals surface area (Å²) in [5.74, 6) is -0.235. The topological polar surface area (TPSA) is 52.3 Å². The quantitative estimate of drug-likeness (QED) is 0.850. The molecule has 1 atom stereocenters. The fourth-order valence-corrected chi connectivity index (χ4v) is 2.46. The zero-order chi connectivity index (χ0) is 14.8. The normalized spacial score (nSPS) is 14.9. The van der Waals surface area contributed by atoms with Crippen molar-refractivity contribution >= 4 is 5.97 Å². The Hall–Kier alpha value is -1.35. The van der Waals surface area contributed by atoms with Gasteiger partial charge in [-0.25, -0.2) is 0 Å². The largest absolute Gasteiger partial charge is 0.469 e. The Bertz CT molecular complexity index is 474. The summed E-state index contributed by atoms with van der Waals surface area (Å²) in [7, 11) is 1.41. The van der Waals surface area contributed by atoms with Gasteiger partial charge < -0.3 is 10.5 Å². The van der Waals surface area contributed by atoms with E-state index >= 15 is 0 Å². The monoisotopic (exact) mass is 263 g/mol. The predicted molar refractivity (Wildman–Crippen MR) is 78.2 cm³/mol. The Kier molecular flexibility index (Phi) is 4.41. The number of esters is 1. The van der Waals surface area contributed by atoms with Gasteiger partial charge in [-0.1, -0.05) is 30.7 Å². The van der Waals surface area contributed by atoms with Gasteiger partial charge >= 0.3 is 5.97 Å². The maximum atomic E-state index is 11.7. The highest BCUT2D eigenvalue weighted by Gasteiger charge is 2.42. The summed E-state index contributed by atoms with van der Waals surface area (Å²) in [4.78, 5) is 11.7. The second-order valence-electron chi connectivity index (χ2n) is 6.13. The SMILES string of the molecule is COC(=O)CC(C)(c1ccc(C)cc1C)C(C)(C)N. The molecule has 0 radical (unpaired) electrons. The molecule has 0 heterocycles. The Labute approximate surface area is 116 Å². The van der Waals surface area contributed by atoms with Crippen molar-refractivity contribution in [2.75, 3.05) is 7.11 Å². The molecule has 2 N–H and O–H groups in total. The van der Waals surface area contributed by atoms with E-state index in [1.807, 2.05) is 20.8 Å². The van der Waals surface area contributed by atoms with Gasteiger partial charge in [-0.15, -0.1) is 0 Å². The number of aryl methyl sites for hydroxylation is 2. The van der Waals surface area contributed by atoms with Crippen LogP contribution in [0.1, 0.15) is 43.9 Å². The summed E-state index contributed by atoms with van der Waals surface area (Å²) in [5, 5.41) is 0. The van der Waals surface area contributed by atoms with Crippen LogP contribution in [0.4, 0.5) is 0 Å². The molecule has 1 rings (SSSR count). The zero-order valence-electron chi connectivity index (χ0n) is 12.8. The van der Waals surface area contributed by atoms with Gasteiger partial charge in [0.2, 0.25) is 0 Å². The van der Waals surface area contributed by atoms with E-state index in [0.717, 1.165) is 11.1 Å². The second kappa shape index (κ2) is 5.33. The van der Waals surface area contributed by atoms with Gasteiger partial charge in [0.05, 0.1) is 13.5 Å². The smallest absolute Gasteiger partial charge is 0.306 e. The summed E-state index contributed by atoms with van der Waals surface area (Å²) >= 11 is 0. The van der Waals surface area contributed by atoms with Crippen LogP contribution in [0, 0.1) is 13.8 Å². The lowest BCUT2D eigenvalue weighted by atomic mass is 9.65. The molecule has 3 heteroatoms. The van der Waals surface area contributed by atoms with Crippen molar-refractivity contribution in [1.82, 2.24) is 0 Å². The molecule has 0 aliphatic carbocycles. The summed E-state index contributed by atoms with van der Waals surface area (Å²) in [6, 6.07) is 6.25. The fourth-order valence-electron chi connectivity index (χ4n) is 2.46. The lowest BCUT2D eigenvalue weighted by molar-refractivity contribution is -0.142. The van der Waals surface area contributed by atoms with Crippen molar-refractivity contribution in [2.45, 2.75) is 52.0 Å². The predicted octanol–water partition coefficient (Wildman–Crippen LogP) is 2.86. The first-order valence-electron chi connectivity index (χ1n) is 6.55. The minimum atomic E-state index is -0.527. The molecule has 0 saturated heterocycles. The third kappa shape index (κ3) is 3.16. The number of hydrogen-bond acceptors (Lipinski definition) is 3. The van der Waals surface area contributed by atoms with E-state index in [4.69, 9.17) is 10.5 Å². The van der Waals surface area contributed by atoms with Gasteiger partial charge in [0.1, 0.15) is 0 Å². The molecule has 106 valence electrons. The van der Waals surface area contributed by atoms with E-state index in [-0.39, 0.29) is 12.4 Å². The highest BCUT2D eigenvalue weighted by atomic mass is 16.5. The summed E-state index contributed by atoms with van der Waals surface area (Å²) < 4.78 is 4.83. The minimum Gasteiger partial charge on any atom is -0.469 e. The molecule has 0 spiro atoms.